The first kappa shape index (κ1) is 32.8. The molecule has 0 fully saturated rings. The molecule has 0 aliphatic carbocycles. The van der Waals surface area contributed by atoms with Gasteiger partial charge in [-0.1, -0.05) is 121 Å². The Morgan fingerprint density at radius 3 is 1.59 bits per heavy atom. The number of ether oxygens (including phenoxy) is 1. The Kier molecular flexibility index (Phi) is 10.2. The molecular weight excluding hydrogens is 612 g/mol. The predicted octanol–water partition coefficient (Wildman–Crippen LogP) is 6.75. The normalized spacial score (nSPS) is 15.2. The van der Waals surface area contributed by atoms with Gasteiger partial charge < -0.3 is 10.5 Å². The van der Waals surface area contributed by atoms with Gasteiger partial charge in [-0.3, -0.25) is 14.4 Å². The molecule has 244 valence electrons. The molecule has 1 aliphatic heterocycles. The first-order chi connectivity index (χ1) is 23.9. The van der Waals surface area contributed by atoms with Gasteiger partial charge in [-0.05, 0) is 46.5 Å². The second-order valence-electron chi connectivity index (χ2n) is 12.0. The molecule has 1 aliphatic rings. The summed E-state index contributed by atoms with van der Waals surface area (Å²) in [5.41, 5.74) is 13.5. The third kappa shape index (κ3) is 8.25. The van der Waals surface area contributed by atoms with Crippen molar-refractivity contribution in [2.75, 3.05) is 0 Å². The minimum Gasteiger partial charge on any atom is -0.426 e. The largest absolute Gasteiger partial charge is 0.426 e. The maximum absolute atomic E-state index is 14.2. The number of carbonyl (C=O) groups excluding carboxylic acids is 3. The Morgan fingerprint density at radius 2 is 1.12 bits per heavy atom. The molecule has 3 N–H and O–H groups in total. The Labute approximate surface area is 285 Å². The van der Waals surface area contributed by atoms with E-state index in [1.807, 2.05) is 140 Å². The lowest BCUT2D eigenvalue weighted by Crippen LogP contribution is -2.55. The highest BCUT2D eigenvalue weighted by molar-refractivity contribution is 5.87. The van der Waals surface area contributed by atoms with E-state index in [2.05, 4.69) is 10.4 Å². The molecule has 0 spiro atoms. The first-order valence-corrected chi connectivity index (χ1v) is 16.1. The predicted molar refractivity (Wildman–Crippen MR) is 189 cm³/mol. The highest BCUT2D eigenvalue weighted by Gasteiger charge is 2.36. The van der Waals surface area contributed by atoms with Crippen molar-refractivity contribution in [1.82, 2.24) is 5.43 Å². The number of nitrogens with one attached hydrogen (secondary N) is 1. The molecule has 0 saturated carbocycles. The van der Waals surface area contributed by atoms with Gasteiger partial charge in [0.2, 0.25) is 12.2 Å². The molecule has 6 rings (SSSR count). The minimum absolute atomic E-state index is 0.105. The highest BCUT2D eigenvalue weighted by Crippen LogP contribution is 2.30. The fraction of sp³-hybridized carbons (Fsp3) is 0.122. The number of rotatable bonds is 13. The molecule has 1 heterocycles. The number of quaternary nitrogens is 1. The van der Waals surface area contributed by atoms with Gasteiger partial charge in [0.05, 0.1) is 5.92 Å². The Hall–Kier alpha value is -6.12. The summed E-state index contributed by atoms with van der Waals surface area (Å²) in [6.45, 7) is 0.316. The van der Waals surface area contributed by atoms with Crippen LogP contribution < -0.4 is 15.9 Å². The number of hydrogen-bond acceptors (Lipinski definition) is 5. The van der Waals surface area contributed by atoms with Crippen LogP contribution in [0.1, 0.15) is 52.5 Å². The summed E-state index contributed by atoms with van der Waals surface area (Å²) in [7, 11) is 0. The van der Waals surface area contributed by atoms with Crippen LogP contribution in [0.2, 0.25) is 0 Å². The third-order valence-electron chi connectivity index (χ3n) is 8.37. The van der Waals surface area contributed by atoms with Crippen molar-refractivity contribution in [2.45, 2.75) is 31.2 Å². The van der Waals surface area contributed by atoms with Gasteiger partial charge in [0.15, 0.2) is 0 Å². The van der Waals surface area contributed by atoms with E-state index in [1.165, 1.54) is 0 Å². The van der Waals surface area contributed by atoms with Crippen molar-refractivity contribution < 1.29 is 23.7 Å². The highest BCUT2D eigenvalue weighted by atomic mass is 16.5. The van der Waals surface area contributed by atoms with E-state index >= 15 is 0 Å². The summed E-state index contributed by atoms with van der Waals surface area (Å²) in [5, 5.41) is 0. The standard InChI is InChI=1S/C41H36N4O4/c42-37(46)26-23-35-28-45(29-43-35,44-40(47)38(31-13-5-1-6-14-31)32-15-7-2-8-16-32)27-30-21-24-36(25-22-30)49-41(48)39(33-17-9-3-10-18-33)34-19-11-4-12-20-34/h1-22,24-25,28-29,38-39H,23,26-27H2,(H2-,42,44,46,47)/p+1/t45-/m0/s1. The fourth-order valence-electron chi connectivity index (χ4n) is 6.03. The van der Waals surface area contributed by atoms with E-state index in [0.717, 1.165) is 27.8 Å². The van der Waals surface area contributed by atoms with Gasteiger partial charge in [-0.15, -0.1) is 4.59 Å². The van der Waals surface area contributed by atoms with E-state index < -0.39 is 17.7 Å². The minimum atomic E-state index is -0.585. The van der Waals surface area contributed by atoms with Crippen LogP contribution in [0.15, 0.2) is 162 Å². The molecule has 0 bridgehead atoms. The van der Waals surface area contributed by atoms with Crippen LogP contribution in [0.4, 0.5) is 0 Å². The molecule has 49 heavy (non-hydrogen) atoms. The number of aliphatic imine (C=N–C) groups is 1. The lowest BCUT2D eigenvalue weighted by molar-refractivity contribution is -0.832. The molecule has 5 aromatic rings. The second-order valence-corrected chi connectivity index (χ2v) is 12.0. The maximum Gasteiger partial charge on any atom is 0.323 e. The quantitative estimate of drug-likeness (QED) is 0.0835. The molecule has 0 saturated heterocycles. The van der Waals surface area contributed by atoms with Crippen LogP contribution in [0, 0.1) is 0 Å². The zero-order valence-corrected chi connectivity index (χ0v) is 26.9. The lowest BCUT2D eigenvalue weighted by atomic mass is 9.91. The van der Waals surface area contributed by atoms with Gasteiger partial charge >= 0.3 is 5.97 Å². The summed E-state index contributed by atoms with van der Waals surface area (Å²) in [6, 6.07) is 45.6. The smallest absolute Gasteiger partial charge is 0.323 e. The van der Waals surface area contributed by atoms with Crippen molar-refractivity contribution in [3.63, 3.8) is 0 Å². The number of benzene rings is 5. The second kappa shape index (κ2) is 15.2. The number of primary amides is 1. The van der Waals surface area contributed by atoms with Crippen molar-refractivity contribution in [3.8, 4) is 5.75 Å². The van der Waals surface area contributed by atoms with Gasteiger partial charge in [-0.25, -0.2) is 4.99 Å². The van der Waals surface area contributed by atoms with E-state index in [4.69, 9.17) is 10.5 Å². The average molecular weight is 650 g/mol. The van der Waals surface area contributed by atoms with E-state index in [-0.39, 0.29) is 22.9 Å². The molecule has 0 unspecified atom stereocenters. The van der Waals surface area contributed by atoms with Crippen LogP contribution in [-0.4, -0.2) is 28.7 Å². The number of allylic oxidation sites excluding steroid dienone is 1. The van der Waals surface area contributed by atoms with Gasteiger partial charge in [0, 0.05) is 18.4 Å². The number of nitrogens with two attached hydrogens (primary N) is 1. The summed E-state index contributed by atoms with van der Waals surface area (Å²) in [6.07, 6.45) is 3.99. The number of carbonyl (C=O) groups is 3. The topological polar surface area (TPSA) is 111 Å². The Morgan fingerprint density at radius 1 is 0.653 bits per heavy atom. The maximum atomic E-state index is 14.2. The van der Waals surface area contributed by atoms with Crippen molar-refractivity contribution in [2.24, 2.45) is 10.7 Å². The van der Waals surface area contributed by atoms with Gasteiger partial charge in [-0.2, -0.15) is 5.43 Å². The number of esters is 1. The number of hydrogen-bond donors (Lipinski definition) is 2. The molecule has 8 nitrogen and oxygen atoms in total. The third-order valence-corrected chi connectivity index (χ3v) is 8.37. The Balaban J connectivity index is 1.24. The van der Waals surface area contributed by atoms with Crippen molar-refractivity contribution in [3.05, 3.63) is 185 Å². The number of nitrogens with zero attached hydrogens (tertiary/aromatic N) is 2. The molecule has 0 aromatic heterocycles. The molecule has 1 atom stereocenters. The van der Waals surface area contributed by atoms with E-state index in [0.29, 0.717) is 24.4 Å². The number of amides is 2. The van der Waals surface area contributed by atoms with E-state index in [1.54, 1.807) is 18.5 Å². The van der Waals surface area contributed by atoms with Crippen LogP contribution in [0.25, 0.3) is 0 Å². The van der Waals surface area contributed by atoms with Crippen molar-refractivity contribution in [1.29, 1.82) is 0 Å². The summed E-state index contributed by atoms with van der Waals surface area (Å²) in [4.78, 5) is 43.9. The Bertz CT molecular complexity index is 1870. The zero-order valence-electron chi connectivity index (χ0n) is 26.9. The summed E-state index contributed by atoms with van der Waals surface area (Å²) in [5.74, 6) is -1.78. The summed E-state index contributed by atoms with van der Waals surface area (Å²) < 4.78 is 5.80. The molecule has 5 aromatic carbocycles. The van der Waals surface area contributed by atoms with Crippen LogP contribution in [-0.2, 0) is 20.9 Å². The molecule has 2 amide bonds. The van der Waals surface area contributed by atoms with Gasteiger partial charge in [0.25, 0.3) is 5.91 Å². The van der Waals surface area contributed by atoms with Crippen LogP contribution >= 0.6 is 0 Å². The lowest BCUT2D eigenvalue weighted by Gasteiger charge is -2.29. The van der Waals surface area contributed by atoms with E-state index in [9.17, 15) is 14.4 Å². The zero-order chi connectivity index (χ0) is 34.1. The molecule has 8 heteroatoms. The van der Waals surface area contributed by atoms with Crippen molar-refractivity contribution >= 4 is 24.1 Å². The SMILES string of the molecule is NC(=O)CCC1=C[N@+](Cc2ccc(OC(=O)C(c3ccccc3)c3ccccc3)cc2)(NC(=O)C(c2ccccc2)c2ccccc2)C=N1. The first-order valence-electron chi connectivity index (χ1n) is 16.1. The monoisotopic (exact) mass is 649 g/mol. The average Bonchev–Trinajstić information content (AvgIpc) is 3.52. The van der Waals surface area contributed by atoms with Crippen LogP contribution in [0.5, 0.6) is 5.75 Å². The molecular formula is C41H37N4O4+. The van der Waals surface area contributed by atoms with Gasteiger partial charge in [0.1, 0.15) is 30.1 Å². The molecule has 0 radical (unpaired) electrons. The fourth-order valence-corrected chi connectivity index (χ4v) is 6.03. The summed E-state index contributed by atoms with van der Waals surface area (Å²) >= 11 is 0. The van der Waals surface area contributed by atoms with Crippen LogP contribution in [0.3, 0.4) is 0 Å².